The Morgan fingerprint density at radius 3 is 1.89 bits per heavy atom. The Balaban J connectivity index is 2.19. The number of benzene rings is 2. The van der Waals surface area contributed by atoms with Crippen molar-refractivity contribution in [2.24, 2.45) is 0 Å². The molecule has 1 fully saturated rings. The standard InChI is InChI=1S/C24H27N3/c1-16(2)18-5-7-21(8-6-18)24(9-10-27-15-24)22-11-19(13-25)23(17(3)4)20(12-22)14-26/h5-8,11-12,16-17,27H,9-10,15H2,1-4H3. The lowest BCUT2D eigenvalue weighted by atomic mass is 9.72. The van der Waals surface area contributed by atoms with Gasteiger partial charge < -0.3 is 5.32 Å². The van der Waals surface area contributed by atoms with Crippen LogP contribution in [0.5, 0.6) is 0 Å². The highest BCUT2D eigenvalue weighted by atomic mass is 14.9. The Labute approximate surface area is 162 Å². The zero-order valence-corrected chi connectivity index (χ0v) is 16.6. The molecule has 2 aromatic carbocycles. The predicted octanol–water partition coefficient (Wildman–Crippen LogP) is 4.96. The summed E-state index contributed by atoms with van der Waals surface area (Å²) in [6.07, 6.45) is 0.963. The molecule has 0 aliphatic carbocycles. The van der Waals surface area contributed by atoms with E-state index in [9.17, 15) is 10.5 Å². The van der Waals surface area contributed by atoms with Crippen LogP contribution >= 0.6 is 0 Å². The van der Waals surface area contributed by atoms with Crippen LogP contribution in [0.1, 0.15) is 79.3 Å². The molecule has 0 radical (unpaired) electrons. The quantitative estimate of drug-likeness (QED) is 0.841. The van der Waals surface area contributed by atoms with E-state index < -0.39 is 0 Å². The van der Waals surface area contributed by atoms with Crippen molar-refractivity contribution in [2.45, 2.75) is 51.4 Å². The molecule has 1 aliphatic heterocycles. The fourth-order valence-corrected chi connectivity index (χ4v) is 4.28. The van der Waals surface area contributed by atoms with E-state index in [1.165, 1.54) is 11.1 Å². The number of nitrogens with one attached hydrogen (secondary N) is 1. The van der Waals surface area contributed by atoms with Gasteiger partial charge in [0.15, 0.2) is 0 Å². The van der Waals surface area contributed by atoms with Gasteiger partial charge in [0.05, 0.1) is 23.3 Å². The van der Waals surface area contributed by atoms with Gasteiger partial charge in [0.1, 0.15) is 0 Å². The van der Waals surface area contributed by atoms with E-state index in [0.717, 1.165) is 30.6 Å². The lowest BCUT2D eigenvalue weighted by Crippen LogP contribution is -2.31. The summed E-state index contributed by atoms with van der Waals surface area (Å²) in [4.78, 5) is 0. The molecule has 1 aliphatic rings. The summed E-state index contributed by atoms with van der Waals surface area (Å²) < 4.78 is 0. The van der Waals surface area contributed by atoms with E-state index in [4.69, 9.17) is 0 Å². The van der Waals surface area contributed by atoms with Gasteiger partial charge in [0, 0.05) is 12.0 Å². The van der Waals surface area contributed by atoms with E-state index in [1.54, 1.807) is 0 Å². The fourth-order valence-electron chi connectivity index (χ4n) is 4.28. The zero-order chi connectivity index (χ0) is 19.6. The first-order valence-electron chi connectivity index (χ1n) is 9.72. The maximum Gasteiger partial charge on any atom is 0.0995 e. The van der Waals surface area contributed by atoms with Crippen molar-refractivity contribution in [3.05, 3.63) is 69.8 Å². The van der Waals surface area contributed by atoms with Crippen molar-refractivity contribution in [3.63, 3.8) is 0 Å². The van der Waals surface area contributed by atoms with Crippen LogP contribution < -0.4 is 5.32 Å². The minimum Gasteiger partial charge on any atom is -0.315 e. The van der Waals surface area contributed by atoms with Crippen LogP contribution in [0.3, 0.4) is 0 Å². The first-order chi connectivity index (χ1) is 12.9. The van der Waals surface area contributed by atoms with Gasteiger partial charge in [-0.2, -0.15) is 10.5 Å². The van der Waals surface area contributed by atoms with Crippen molar-refractivity contribution in [1.82, 2.24) is 5.32 Å². The summed E-state index contributed by atoms with van der Waals surface area (Å²) in [6.45, 7) is 10.2. The SMILES string of the molecule is CC(C)c1ccc(C2(c3cc(C#N)c(C(C)C)c(C#N)c3)CCNC2)cc1. The summed E-state index contributed by atoms with van der Waals surface area (Å²) in [5.41, 5.74) is 5.57. The van der Waals surface area contributed by atoms with Gasteiger partial charge in [-0.15, -0.1) is 0 Å². The number of nitrogens with zero attached hydrogens (tertiary/aromatic N) is 2. The smallest absolute Gasteiger partial charge is 0.0995 e. The molecule has 1 atom stereocenters. The highest BCUT2D eigenvalue weighted by Gasteiger charge is 2.38. The maximum absolute atomic E-state index is 9.73. The number of hydrogen-bond donors (Lipinski definition) is 1. The third kappa shape index (κ3) is 3.36. The molecule has 0 saturated carbocycles. The van der Waals surface area contributed by atoms with E-state index in [0.29, 0.717) is 17.0 Å². The number of hydrogen-bond acceptors (Lipinski definition) is 3. The molecule has 1 unspecified atom stereocenters. The fraction of sp³-hybridized carbons (Fsp3) is 0.417. The van der Waals surface area contributed by atoms with Gasteiger partial charge >= 0.3 is 0 Å². The van der Waals surface area contributed by atoms with Gasteiger partial charge in [-0.25, -0.2) is 0 Å². The predicted molar refractivity (Wildman–Crippen MR) is 109 cm³/mol. The van der Waals surface area contributed by atoms with E-state index in [2.05, 4.69) is 55.6 Å². The molecular weight excluding hydrogens is 330 g/mol. The van der Waals surface area contributed by atoms with Crippen molar-refractivity contribution < 1.29 is 0 Å². The van der Waals surface area contributed by atoms with Gasteiger partial charge in [-0.1, -0.05) is 52.0 Å². The molecular formula is C24H27N3. The van der Waals surface area contributed by atoms with Crippen LogP contribution in [-0.2, 0) is 5.41 Å². The van der Waals surface area contributed by atoms with Crippen LogP contribution in [0.25, 0.3) is 0 Å². The molecule has 3 rings (SSSR count). The summed E-state index contributed by atoms with van der Waals surface area (Å²) in [7, 11) is 0. The lowest BCUT2D eigenvalue weighted by Gasteiger charge is -2.31. The second-order valence-electron chi connectivity index (χ2n) is 8.15. The second-order valence-corrected chi connectivity index (χ2v) is 8.15. The Hall–Kier alpha value is -2.62. The van der Waals surface area contributed by atoms with Crippen molar-refractivity contribution in [3.8, 4) is 12.1 Å². The largest absolute Gasteiger partial charge is 0.315 e. The molecule has 1 heterocycles. The third-order valence-corrected chi connectivity index (χ3v) is 5.84. The summed E-state index contributed by atoms with van der Waals surface area (Å²) in [5.74, 6) is 0.642. The average molecular weight is 358 g/mol. The van der Waals surface area contributed by atoms with Crippen molar-refractivity contribution in [2.75, 3.05) is 13.1 Å². The highest BCUT2D eigenvalue weighted by molar-refractivity contribution is 5.56. The summed E-state index contributed by atoms with van der Waals surface area (Å²) >= 11 is 0. The number of nitriles is 2. The lowest BCUT2D eigenvalue weighted by molar-refractivity contribution is 0.569. The molecule has 3 nitrogen and oxygen atoms in total. The van der Waals surface area contributed by atoms with Crippen LogP contribution in [0, 0.1) is 22.7 Å². The first-order valence-corrected chi connectivity index (χ1v) is 9.72. The van der Waals surface area contributed by atoms with Gasteiger partial charge in [-0.3, -0.25) is 0 Å². The van der Waals surface area contributed by atoms with E-state index in [1.807, 2.05) is 26.0 Å². The number of rotatable bonds is 4. The van der Waals surface area contributed by atoms with E-state index >= 15 is 0 Å². The van der Waals surface area contributed by atoms with Gasteiger partial charge in [-0.05, 0) is 59.2 Å². The molecule has 0 amide bonds. The summed E-state index contributed by atoms with van der Waals surface area (Å²) in [6, 6.07) is 17.6. The Morgan fingerprint density at radius 1 is 0.889 bits per heavy atom. The molecule has 2 aromatic rings. The van der Waals surface area contributed by atoms with Crippen molar-refractivity contribution in [1.29, 1.82) is 10.5 Å². The molecule has 1 N–H and O–H groups in total. The molecule has 0 bridgehead atoms. The first kappa shape index (κ1) is 19.2. The average Bonchev–Trinajstić information content (AvgIpc) is 3.17. The van der Waals surface area contributed by atoms with Gasteiger partial charge in [0.2, 0.25) is 0 Å². The Bertz CT molecular complexity index is 867. The van der Waals surface area contributed by atoms with Crippen molar-refractivity contribution >= 4 is 0 Å². The molecule has 27 heavy (non-hydrogen) atoms. The zero-order valence-electron chi connectivity index (χ0n) is 16.6. The maximum atomic E-state index is 9.73. The molecule has 1 saturated heterocycles. The molecule has 3 heteroatoms. The molecule has 0 aromatic heterocycles. The minimum atomic E-state index is -0.192. The topological polar surface area (TPSA) is 59.6 Å². The summed E-state index contributed by atoms with van der Waals surface area (Å²) in [5, 5.41) is 23.0. The Morgan fingerprint density at radius 2 is 1.48 bits per heavy atom. The second kappa shape index (κ2) is 7.55. The van der Waals surface area contributed by atoms with E-state index in [-0.39, 0.29) is 11.3 Å². The highest BCUT2D eigenvalue weighted by Crippen LogP contribution is 2.40. The van der Waals surface area contributed by atoms with Gasteiger partial charge in [0.25, 0.3) is 0 Å². The van der Waals surface area contributed by atoms with Crippen LogP contribution in [0.4, 0.5) is 0 Å². The molecule has 0 spiro atoms. The van der Waals surface area contributed by atoms with Crippen LogP contribution in [-0.4, -0.2) is 13.1 Å². The van der Waals surface area contributed by atoms with Crippen LogP contribution in [0.15, 0.2) is 36.4 Å². The normalized spacial score (nSPS) is 19.3. The third-order valence-electron chi connectivity index (χ3n) is 5.84. The minimum absolute atomic E-state index is 0.145. The monoisotopic (exact) mass is 357 g/mol. The Kier molecular flexibility index (Phi) is 5.36. The molecule has 138 valence electrons. The van der Waals surface area contributed by atoms with Crippen LogP contribution in [0.2, 0.25) is 0 Å².